The summed E-state index contributed by atoms with van der Waals surface area (Å²) in [6.45, 7) is 1.51. The van der Waals surface area contributed by atoms with Crippen molar-refractivity contribution >= 4 is 45.6 Å². The van der Waals surface area contributed by atoms with Crippen LogP contribution in [0.1, 0.15) is 12.6 Å². The largest absolute Gasteiger partial charge is 0.458 e. The fraction of sp³-hybridized carbons (Fsp3) is 0.222. The monoisotopic (exact) mass is 421 g/mol. The van der Waals surface area contributed by atoms with Crippen LogP contribution in [0.25, 0.3) is 4.96 Å². The number of carbonyl (C=O) groups is 2. The molecule has 10 heteroatoms. The number of anilines is 1. The van der Waals surface area contributed by atoms with Crippen molar-refractivity contribution in [3.8, 4) is 0 Å². The molecule has 0 saturated carbocycles. The topological polar surface area (TPSA) is 89.8 Å². The maximum absolute atomic E-state index is 12.9. The SMILES string of the molecule is C[C@H](SCC(=O)Nc1ccc(F)cc1)C(=O)OCc1cc(=O)n2ccsc2n1. The highest BCUT2D eigenvalue weighted by molar-refractivity contribution is 8.01. The van der Waals surface area contributed by atoms with Crippen LogP contribution in [-0.2, 0) is 20.9 Å². The molecule has 0 aliphatic rings. The molecule has 0 aliphatic heterocycles. The molecule has 1 atom stereocenters. The molecule has 1 amide bonds. The van der Waals surface area contributed by atoms with Crippen LogP contribution in [0.3, 0.4) is 0 Å². The van der Waals surface area contributed by atoms with Gasteiger partial charge in [-0.25, -0.2) is 9.37 Å². The number of carbonyl (C=O) groups excluding carboxylic acids is 2. The number of ether oxygens (including phenoxy) is 1. The van der Waals surface area contributed by atoms with Gasteiger partial charge in [0.05, 0.1) is 11.4 Å². The van der Waals surface area contributed by atoms with Crippen LogP contribution in [-0.4, -0.2) is 32.3 Å². The second-order valence-corrected chi connectivity index (χ2v) is 7.96. The number of esters is 1. The van der Waals surface area contributed by atoms with Crippen molar-refractivity contribution in [2.24, 2.45) is 0 Å². The van der Waals surface area contributed by atoms with E-state index in [-0.39, 0.29) is 29.6 Å². The number of hydrogen-bond donors (Lipinski definition) is 1. The summed E-state index contributed by atoms with van der Waals surface area (Å²) in [6, 6.07) is 6.72. The highest BCUT2D eigenvalue weighted by Crippen LogP contribution is 2.15. The first-order valence-corrected chi connectivity index (χ1v) is 10.1. The van der Waals surface area contributed by atoms with Crippen LogP contribution in [0, 0.1) is 5.82 Å². The lowest BCUT2D eigenvalue weighted by Crippen LogP contribution is -2.22. The molecule has 0 saturated heterocycles. The Morgan fingerprint density at radius 3 is 2.86 bits per heavy atom. The molecule has 7 nitrogen and oxygen atoms in total. The summed E-state index contributed by atoms with van der Waals surface area (Å²) < 4.78 is 19.5. The summed E-state index contributed by atoms with van der Waals surface area (Å²) in [6.07, 6.45) is 1.63. The van der Waals surface area contributed by atoms with Gasteiger partial charge in [-0.15, -0.1) is 23.1 Å². The van der Waals surface area contributed by atoms with E-state index < -0.39 is 11.2 Å². The van der Waals surface area contributed by atoms with E-state index in [9.17, 15) is 18.8 Å². The number of hydrogen-bond acceptors (Lipinski definition) is 7. The zero-order valence-electron chi connectivity index (χ0n) is 14.8. The highest BCUT2D eigenvalue weighted by atomic mass is 32.2. The van der Waals surface area contributed by atoms with E-state index in [1.54, 1.807) is 18.5 Å². The van der Waals surface area contributed by atoms with Crippen molar-refractivity contribution in [3.05, 3.63) is 63.8 Å². The summed E-state index contributed by atoms with van der Waals surface area (Å²) >= 11 is 2.42. The Labute approximate surface area is 167 Å². The van der Waals surface area contributed by atoms with E-state index in [1.807, 2.05) is 0 Å². The number of nitrogens with one attached hydrogen (secondary N) is 1. The molecule has 0 bridgehead atoms. The first-order chi connectivity index (χ1) is 13.4. The maximum Gasteiger partial charge on any atom is 0.319 e. The molecule has 0 unspecified atom stereocenters. The molecule has 1 aromatic carbocycles. The van der Waals surface area contributed by atoms with Crippen LogP contribution in [0.5, 0.6) is 0 Å². The highest BCUT2D eigenvalue weighted by Gasteiger charge is 2.17. The minimum absolute atomic E-state index is 0.0361. The molecule has 146 valence electrons. The van der Waals surface area contributed by atoms with Crippen LogP contribution in [0.4, 0.5) is 10.1 Å². The first-order valence-electron chi connectivity index (χ1n) is 8.22. The van der Waals surface area contributed by atoms with Gasteiger partial charge < -0.3 is 10.1 Å². The lowest BCUT2D eigenvalue weighted by Gasteiger charge is -2.11. The van der Waals surface area contributed by atoms with Gasteiger partial charge in [-0.3, -0.25) is 18.8 Å². The Kier molecular flexibility index (Phi) is 6.42. The van der Waals surface area contributed by atoms with Crippen molar-refractivity contribution in [2.75, 3.05) is 11.1 Å². The van der Waals surface area contributed by atoms with E-state index in [1.165, 1.54) is 46.1 Å². The minimum Gasteiger partial charge on any atom is -0.458 e. The molecule has 0 spiro atoms. The molecule has 0 aliphatic carbocycles. The summed E-state index contributed by atoms with van der Waals surface area (Å²) in [5.74, 6) is -1.17. The number of fused-ring (bicyclic) bond motifs is 1. The van der Waals surface area contributed by atoms with E-state index in [0.29, 0.717) is 16.3 Å². The number of benzene rings is 1. The molecule has 28 heavy (non-hydrogen) atoms. The van der Waals surface area contributed by atoms with Crippen molar-refractivity contribution in [1.82, 2.24) is 9.38 Å². The Balaban J connectivity index is 1.46. The van der Waals surface area contributed by atoms with Crippen LogP contribution >= 0.6 is 23.1 Å². The predicted molar refractivity (Wildman–Crippen MR) is 106 cm³/mol. The average Bonchev–Trinajstić information content (AvgIpc) is 3.15. The van der Waals surface area contributed by atoms with E-state index >= 15 is 0 Å². The Bertz CT molecular complexity index is 1050. The van der Waals surface area contributed by atoms with Gasteiger partial charge in [0.2, 0.25) is 5.91 Å². The molecule has 3 aromatic rings. The van der Waals surface area contributed by atoms with Gasteiger partial charge in [0.1, 0.15) is 17.7 Å². The molecule has 2 aromatic heterocycles. The Morgan fingerprint density at radius 2 is 2.11 bits per heavy atom. The number of halogens is 1. The second kappa shape index (κ2) is 8.98. The third kappa shape index (κ3) is 5.17. The number of aromatic nitrogens is 2. The van der Waals surface area contributed by atoms with Crippen LogP contribution < -0.4 is 10.9 Å². The Hall–Kier alpha value is -2.72. The maximum atomic E-state index is 12.9. The van der Waals surface area contributed by atoms with E-state index in [2.05, 4.69) is 10.3 Å². The summed E-state index contributed by atoms with van der Waals surface area (Å²) in [4.78, 5) is 40.7. The molecule has 1 N–H and O–H groups in total. The van der Waals surface area contributed by atoms with Gasteiger partial charge in [0.15, 0.2) is 4.96 Å². The normalized spacial score (nSPS) is 11.9. The first kappa shape index (κ1) is 20.0. The predicted octanol–water partition coefficient (Wildman–Crippen LogP) is 2.70. The van der Waals surface area contributed by atoms with E-state index in [4.69, 9.17) is 4.74 Å². The number of nitrogens with zero attached hydrogens (tertiary/aromatic N) is 2. The molecule has 0 fully saturated rings. The second-order valence-electron chi connectivity index (χ2n) is 5.76. The van der Waals surface area contributed by atoms with Gasteiger partial charge in [0.25, 0.3) is 5.56 Å². The van der Waals surface area contributed by atoms with Crippen LogP contribution in [0.2, 0.25) is 0 Å². The van der Waals surface area contributed by atoms with Gasteiger partial charge >= 0.3 is 5.97 Å². The molecule has 3 rings (SSSR count). The van der Waals surface area contributed by atoms with Gasteiger partial charge in [-0.1, -0.05) is 0 Å². The average molecular weight is 421 g/mol. The van der Waals surface area contributed by atoms with Gasteiger partial charge in [-0.05, 0) is 31.2 Å². The fourth-order valence-corrected chi connectivity index (χ4v) is 3.64. The Morgan fingerprint density at radius 1 is 1.36 bits per heavy atom. The smallest absolute Gasteiger partial charge is 0.319 e. The third-order valence-corrected chi connectivity index (χ3v) is 5.52. The summed E-state index contributed by atoms with van der Waals surface area (Å²) in [7, 11) is 0. The van der Waals surface area contributed by atoms with E-state index in [0.717, 1.165) is 11.8 Å². The number of thiazole rings is 1. The lowest BCUT2D eigenvalue weighted by atomic mass is 10.3. The fourth-order valence-electron chi connectivity index (χ4n) is 2.22. The van der Waals surface area contributed by atoms with Crippen molar-refractivity contribution in [2.45, 2.75) is 18.8 Å². The van der Waals surface area contributed by atoms with Gasteiger partial charge in [0, 0.05) is 23.3 Å². The third-order valence-electron chi connectivity index (χ3n) is 3.64. The van der Waals surface area contributed by atoms with Crippen molar-refractivity contribution in [1.29, 1.82) is 0 Å². The molecular formula is C18H16FN3O4S2. The summed E-state index contributed by atoms with van der Waals surface area (Å²) in [5, 5.41) is 3.78. The lowest BCUT2D eigenvalue weighted by molar-refractivity contribution is -0.144. The molecule has 0 radical (unpaired) electrons. The van der Waals surface area contributed by atoms with Gasteiger partial charge in [-0.2, -0.15) is 0 Å². The zero-order chi connectivity index (χ0) is 20.1. The molecule has 2 heterocycles. The number of amides is 1. The van der Waals surface area contributed by atoms with Crippen molar-refractivity contribution in [3.63, 3.8) is 0 Å². The summed E-state index contributed by atoms with van der Waals surface area (Å²) in [5.41, 5.74) is 0.604. The zero-order valence-corrected chi connectivity index (χ0v) is 16.4. The number of rotatable bonds is 7. The standard InChI is InChI=1S/C18H16FN3O4S2/c1-11(28-10-15(23)20-13-4-2-12(19)3-5-13)17(25)26-9-14-8-16(24)22-6-7-27-18(22)21-14/h2-8,11H,9-10H2,1H3,(H,20,23)/t11-/m0/s1. The quantitative estimate of drug-likeness (QED) is 0.590. The number of thioether (sulfide) groups is 1. The molecular weight excluding hydrogens is 405 g/mol. The minimum atomic E-state index is -0.578. The van der Waals surface area contributed by atoms with Crippen molar-refractivity contribution < 1.29 is 18.7 Å². The van der Waals surface area contributed by atoms with Crippen LogP contribution in [0.15, 0.2) is 46.7 Å².